The molecule has 1 aromatic heterocycles. The molecule has 0 bridgehead atoms. The molecule has 172 valence electrons. The number of aromatic nitrogens is 1. The predicted octanol–water partition coefficient (Wildman–Crippen LogP) is 3.71. The fraction of sp³-hybridized carbons (Fsp3) is 0.308. The van der Waals surface area contributed by atoms with Crippen molar-refractivity contribution in [2.45, 2.75) is 19.5 Å². The van der Waals surface area contributed by atoms with Crippen molar-refractivity contribution in [2.24, 2.45) is 0 Å². The molecule has 0 aliphatic carbocycles. The van der Waals surface area contributed by atoms with Crippen molar-refractivity contribution in [3.63, 3.8) is 0 Å². The van der Waals surface area contributed by atoms with Gasteiger partial charge in [0.1, 0.15) is 11.7 Å². The maximum absolute atomic E-state index is 12.6. The topological polar surface area (TPSA) is 86.0 Å². The van der Waals surface area contributed by atoms with E-state index in [1.54, 1.807) is 4.57 Å². The third kappa shape index (κ3) is 4.69. The van der Waals surface area contributed by atoms with E-state index in [4.69, 9.17) is 0 Å². The molecule has 7 nitrogen and oxygen atoms in total. The SMILES string of the molecule is C=C(C)CN1CCN([C@H](C(=O)O)c2c(C(=O)O)n(Cc3ccccc3)c3ccccc23)CC1. The van der Waals surface area contributed by atoms with Gasteiger partial charge in [0.2, 0.25) is 0 Å². The summed E-state index contributed by atoms with van der Waals surface area (Å²) < 4.78 is 1.73. The average molecular weight is 448 g/mol. The Morgan fingerprint density at radius 1 is 0.970 bits per heavy atom. The maximum atomic E-state index is 12.6. The standard InChI is InChI=1S/C26H29N3O4/c1-18(2)16-27-12-14-28(15-13-27)23(25(30)31)22-20-10-6-7-11-21(20)29(24(22)26(32)33)17-19-8-4-3-5-9-19/h3-11,23H,1,12-17H2,2H3,(H,30,31)(H,32,33)/t23-/m0/s1. The molecule has 0 spiro atoms. The van der Waals surface area contributed by atoms with Crippen LogP contribution in [0.3, 0.4) is 0 Å². The number of carboxylic acid groups (broad SMARTS) is 2. The summed E-state index contributed by atoms with van der Waals surface area (Å²) in [7, 11) is 0. The van der Waals surface area contributed by atoms with Gasteiger partial charge in [-0.1, -0.05) is 60.7 Å². The van der Waals surface area contributed by atoms with Crippen molar-refractivity contribution in [3.8, 4) is 0 Å². The second kappa shape index (κ2) is 9.60. The number of hydrogen-bond acceptors (Lipinski definition) is 4. The number of carboxylic acids is 2. The molecule has 1 atom stereocenters. The third-order valence-corrected chi connectivity index (χ3v) is 6.17. The Labute approximate surface area is 193 Å². The van der Waals surface area contributed by atoms with Crippen LogP contribution in [-0.4, -0.2) is 69.2 Å². The first-order valence-corrected chi connectivity index (χ1v) is 11.1. The van der Waals surface area contributed by atoms with Gasteiger partial charge in [0.15, 0.2) is 0 Å². The Kier molecular flexibility index (Phi) is 6.62. The van der Waals surface area contributed by atoms with Crippen LogP contribution in [0.1, 0.15) is 34.6 Å². The Hall–Kier alpha value is -3.42. The third-order valence-electron chi connectivity index (χ3n) is 6.17. The number of nitrogens with zero attached hydrogens (tertiary/aromatic N) is 3. The number of hydrogen-bond donors (Lipinski definition) is 2. The van der Waals surface area contributed by atoms with Crippen LogP contribution < -0.4 is 0 Å². The molecule has 1 fully saturated rings. The zero-order chi connectivity index (χ0) is 23.5. The Morgan fingerprint density at radius 3 is 2.21 bits per heavy atom. The van der Waals surface area contributed by atoms with Crippen molar-refractivity contribution < 1.29 is 19.8 Å². The van der Waals surface area contributed by atoms with Gasteiger partial charge in [0, 0.05) is 55.7 Å². The van der Waals surface area contributed by atoms with Crippen molar-refractivity contribution in [1.82, 2.24) is 14.4 Å². The summed E-state index contributed by atoms with van der Waals surface area (Å²) in [4.78, 5) is 29.2. The van der Waals surface area contributed by atoms with Gasteiger partial charge in [0.05, 0.1) is 0 Å². The van der Waals surface area contributed by atoms with Crippen LogP contribution >= 0.6 is 0 Å². The highest BCUT2D eigenvalue weighted by Crippen LogP contribution is 2.35. The van der Waals surface area contributed by atoms with Crippen LogP contribution in [-0.2, 0) is 11.3 Å². The molecule has 0 unspecified atom stereocenters. The van der Waals surface area contributed by atoms with E-state index in [1.165, 1.54) is 0 Å². The fourth-order valence-electron chi connectivity index (χ4n) is 4.79. The molecular formula is C26H29N3O4. The van der Waals surface area contributed by atoms with Gasteiger partial charge in [-0.3, -0.25) is 14.6 Å². The summed E-state index contributed by atoms with van der Waals surface area (Å²) in [6, 6.07) is 15.9. The van der Waals surface area contributed by atoms with Gasteiger partial charge in [-0.15, -0.1) is 0 Å². The van der Waals surface area contributed by atoms with E-state index in [0.717, 1.165) is 23.2 Å². The highest BCUT2D eigenvalue weighted by atomic mass is 16.4. The van der Waals surface area contributed by atoms with E-state index in [-0.39, 0.29) is 5.69 Å². The highest BCUT2D eigenvalue weighted by molar-refractivity contribution is 6.01. The number of para-hydroxylation sites is 1. The van der Waals surface area contributed by atoms with E-state index in [0.29, 0.717) is 43.7 Å². The lowest BCUT2D eigenvalue weighted by atomic mass is 10.00. The molecule has 3 aromatic rings. The zero-order valence-corrected chi connectivity index (χ0v) is 18.8. The number of aliphatic carboxylic acids is 1. The van der Waals surface area contributed by atoms with E-state index in [2.05, 4.69) is 11.5 Å². The molecule has 2 N–H and O–H groups in total. The van der Waals surface area contributed by atoms with E-state index in [1.807, 2.05) is 66.4 Å². The van der Waals surface area contributed by atoms with E-state index in [9.17, 15) is 19.8 Å². The minimum Gasteiger partial charge on any atom is -0.480 e. The number of fused-ring (bicyclic) bond motifs is 1. The summed E-state index contributed by atoms with van der Waals surface area (Å²) in [6.07, 6.45) is 0. The smallest absolute Gasteiger partial charge is 0.352 e. The molecular weight excluding hydrogens is 418 g/mol. The summed E-state index contributed by atoms with van der Waals surface area (Å²) >= 11 is 0. The van der Waals surface area contributed by atoms with Crippen LogP contribution in [0.5, 0.6) is 0 Å². The first-order valence-electron chi connectivity index (χ1n) is 11.1. The first-order chi connectivity index (χ1) is 15.9. The molecule has 7 heteroatoms. The molecule has 4 rings (SSSR count). The van der Waals surface area contributed by atoms with Crippen molar-refractivity contribution >= 4 is 22.8 Å². The van der Waals surface area contributed by atoms with Crippen LogP contribution in [0, 0.1) is 0 Å². The summed E-state index contributed by atoms with van der Waals surface area (Å²) in [5.74, 6) is -2.15. The monoisotopic (exact) mass is 447 g/mol. The van der Waals surface area contributed by atoms with Crippen molar-refractivity contribution in [2.75, 3.05) is 32.7 Å². The molecule has 1 aliphatic rings. The van der Waals surface area contributed by atoms with Crippen LogP contribution in [0.2, 0.25) is 0 Å². The van der Waals surface area contributed by atoms with Crippen LogP contribution in [0.15, 0.2) is 66.7 Å². The quantitative estimate of drug-likeness (QED) is 0.512. The van der Waals surface area contributed by atoms with Crippen LogP contribution in [0.4, 0.5) is 0 Å². The van der Waals surface area contributed by atoms with E-state index < -0.39 is 18.0 Å². The Morgan fingerprint density at radius 2 is 1.61 bits per heavy atom. The fourth-order valence-corrected chi connectivity index (χ4v) is 4.79. The minimum absolute atomic E-state index is 0.0387. The molecule has 0 saturated carbocycles. The molecule has 2 aromatic carbocycles. The van der Waals surface area contributed by atoms with E-state index >= 15 is 0 Å². The van der Waals surface area contributed by atoms with Crippen LogP contribution in [0.25, 0.3) is 10.9 Å². The zero-order valence-electron chi connectivity index (χ0n) is 18.8. The van der Waals surface area contributed by atoms with Gasteiger partial charge in [-0.05, 0) is 18.6 Å². The minimum atomic E-state index is -1.12. The second-order valence-electron chi connectivity index (χ2n) is 8.67. The number of piperazine rings is 1. The van der Waals surface area contributed by atoms with Gasteiger partial charge >= 0.3 is 11.9 Å². The Bertz CT molecular complexity index is 1180. The largest absolute Gasteiger partial charge is 0.480 e. The maximum Gasteiger partial charge on any atom is 0.352 e. The molecule has 33 heavy (non-hydrogen) atoms. The highest BCUT2D eigenvalue weighted by Gasteiger charge is 2.37. The summed E-state index contributed by atoms with van der Waals surface area (Å²) in [6.45, 7) is 9.58. The Balaban J connectivity index is 1.80. The van der Waals surface area contributed by atoms with Gasteiger partial charge in [-0.25, -0.2) is 4.79 Å². The molecule has 0 amide bonds. The first kappa shape index (κ1) is 22.8. The molecule has 1 saturated heterocycles. The normalized spacial score (nSPS) is 16.0. The predicted molar refractivity (Wildman–Crippen MR) is 128 cm³/mol. The van der Waals surface area contributed by atoms with Gasteiger partial charge < -0.3 is 14.8 Å². The van der Waals surface area contributed by atoms with Crippen molar-refractivity contribution in [1.29, 1.82) is 0 Å². The average Bonchev–Trinajstić information content (AvgIpc) is 3.09. The lowest BCUT2D eigenvalue weighted by molar-refractivity contribution is -0.144. The number of benzene rings is 2. The summed E-state index contributed by atoms with van der Waals surface area (Å²) in [5, 5.41) is 21.2. The number of carbonyl (C=O) groups is 2. The number of rotatable bonds is 8. The molecule has 0 radical (unpaired) electrons. The van der Waals surface area contributed by atoms with Crippen molar-refractivity contribution in [3.05, 3.63) is 83.6 Å². The van der Waals surface area contributed by atoms with Gasteiger partial charge in [-0.2, -0.15) is 0 Å². The lowest BCUT2D eigenvalue weighted by Gasteiger charge is -2.38. The number of aromatic carboxylic acids is 1. The molecule has 2 heterocycles. The van der Waals surface area contributed by atoms with Gasteiger partial charge in [0.25, 0.3) is 0 Å². The second-order valence-corrected chi connectivity index (χ2v) is 8.67. The summed E-state index contributed by atoms with van der Waals surface area (Å²) in [5.41, 5.74) is 3.13. The molecule has 1 aliphatic heterocycles. The lowest BCUT2D eigenvalue weighted by Crippen LogP contribution is -2.49.